The molecule has 168 valence electrons. The SMILES string of the molecule is C=C(N(CC1CCOCC1)c1ccc(S(=O)(=O)c2ccnc(C)c2)cc1N)C(C)(C)C. The molecule has 0 atom stereocenters. The van der Waals surface area contributed by atoms with Gasteiger partial charge in [-0.1, -0.05) is 27.4 Å². The molecule has 0 radical (unpaired) electrons. The van der Waals surface area contributed by atoms with Crippen molar-refractivity contribution in [3.63, 3.8) is 0 Å². The van der Waals surface area contributed by atoms with Gasteiger partial charge in [0.25, 0.3) is 0 Å². The summed E-state index contributed by atoms with van der Waals surface area (Å²) < 4.78 is 31.7. The Morgan fingerprint density at radius 3 is 2.42 bits per heavy atom. The van der Waals surface area contributed by atoms with Gasteiger partial charge in [0, 0.05) is 42.8 Å². The standard InChI is InChI=1S/C24H33N3O3S/c1-17-14-21(8-11-26-17)31(28,29)20-6-7-23(22(25)15-20)27(18(2)24(3,4)5)16-19-9-12-30-13-10-19/h6-8,11,14-15,19H,2,9-10,12-13,16,25H2,1,3-5H3. The van der Waals surface area contributed by atoms with E-state index >= 15 is 0 Å². The highest BCUT2D eigenvalue weighted by Crippen LogP contribution is 2.37. The van der Waals surface area contributed by atoms with E-state index in [1.807, 2.05) is 0 Å². The largest absolute Gasteiger partial charge is 0.397 e. The van der Waals surface area contributed by atoms with Crippen LogP contribution in [0.3, 0.4) is 0 Å². The normalized spacial score (nSPS) is 15.6. The number of nitrogen functional groups attached to an aromatic ring is 1. The number of ether oxygens (including phenoxy) is 1. The number of aryl methyl sites for hydroxylation is 1. The van der Waals surface area contributed by atoms with Crippen molar-refractivity contribution in [3.8, 4) is 0 Å². The number of benzene rings is 1. The summed E-state index contributed by atoms with van der Waals surface area (Å²) in [6, 6.07) is 8.05. The zero-order valence-electron chi connectivity index (χ0n) is 18.9. The number of anilines is 2. The number of rotatable bonds is 6. The monoisotopic (exact) mass is 443 g/mol. The van der Waals surface area contributed by atoms with E-state index in [1.165, 1.54) is 12.3 Å². The molecule has 1 saturated heterocycles. The maximum absolute atomic E-state index is 13.1. The van der Waals surface area contributed by atoms with Gasteiger partial charge in [-0.3, -0.25) is 4.98 Å². The molecule has 3 rings (SSSR count). The summed E-state index contributed by atoms with van der Waals surface area (Å²) >= 11 is 0. The van der Waals surface area contributed by atoms with Gasteiger partial charge in [-0.2, -0.15) is 0 Å². The fourth-order valence-electron chi connectivity index (χ4n) is 3.71. The first-order valence-corrected chi connectivity index (χ1v) is 12.1. The number of nitrogens with two attached hydrogens (primary N) is 1. The van der Waals surface area contributed by atoms with E-state index in [0.717, 1.165) is 44.0 Å². The first kappa shape index (κ1) is 23.3. The third-order valence-electron chi connectivity index (χ3n) is 5.75. The van der Waals surface area contributed by atoms with Gasteiger partial charge in [0.1, 0.15) is 0 Å². The zero-order chi connectivity index (χ0) is 22.8. The highest BCUT2D eigenvalue weighted by molar-refractivity contribution is 7.91. The van der Waals surface area contributed by atoms with Gasteiger partial charge in [-0.05, 0) is 56.0 Å². The lowest BCUT2D eigenvalue weighted by Gasteiger charge is -2.38. The molecule has 7 heteroatoms. The third-order valence-corrected chi connectivity index (χ3v) is 7.50. The molecule has 2 N–H and O–H groups in total. The molecule has 0 bridgehead atoms. The molecular weight excluding hydrogens is 410 g/mol. The molecule has 31 heavy (non-hydrogen) atoms. The molecule has 2 aromatic rings. The Bertz CT molecular complexity index is 1050. The Morgan fingerprint density at radius 2 is 1.84 bits per heavy atom. The van der Waals surface area contributed by atoms with Gasteiger partial charge in [0.2, 0.25) is 9.84 Å². The minimum Gasteiger partial charge on any atom is -0.397 e. The molecule has 0 unspecified atom stereocenters. The Balaban J connectivity index is 1.98. The maximum atomic E-state index is 13.1. The number of hydrogen-bond donors (Lipinski definition) is 1. The van der Waals surface area contributed by atoms with Crippen molar-refractivity contribution in [3.05, 3.63) is 54.5 Å². The van der Waals surface area contributed by atoms with E-state index in [9.17, 15) is 8.42 Å². The summed E-state index contributed by atoms with van der Waals surface area (Å²) in [5.74, 6) is 0.468. The third kappa shape index (κ3) is 5.28. The van der Waals surface area contributed by atoms with Crippen LogP contribution in [-0.4, -0.2) is 33.2 Å². The van der Waals surface area contributed by atoms with Gasteiger partial charge in [0.15, 0.2) is 0 Å². The van der Waals surface area contributed by atoms with Crippen LogP contribution in [-0.2, 0) is 14.6 Å². The molecule has 0 amide bonds. The van der Waals surface area contributed by atoms with Crippen LogP contribution in [0.5, 0.6) is 0 Å². The van der Waals surface area contributed by atoms with Crippen molar-refractivity contribution in [2.24, 2.45) is 11.3 Å². The number of nitrogens with zero attached hydrogens (tertiary/aromatic N) is 2. The molecule has 1 aliphatic rings. The number of allylic oxidation sites excluding steroid dienone is 1. The van der Waals surface area contributed by atoms with Crippen molar-refractivity contribution < 1.29 is 13.2 Å². The molecule has 1 aromatic heterocycles. The second kappa shape index (κ2) is 9.01. The van der Waals surface area contributed by atoms with Gasteiger partial charge in [-0.15, -0.1) is 0 Å². The Labute approximate surface area is 186 Å². The van der Waals surface area contributed by atoms with Crippen LogP contribution >= 0.6 is 0 Å². The van der Waals surface area contributed by atoms with Crippen LogP contribution in [0.4, 0.5) is 11.4 Å². The molecule has 0 spiro atoms. The number of sulfone groups is 1. The average molecular weight is 444 g/mol. The number of aromatic nitrogens is 1. The minimum absolute atomic E-state index is 0.156. The molecular formula is C24H33N3O3S. The summed E-state index contributed by atoms with van der Waals surface area (Å²) in [6.07, 6.45) is 3.48. The van der Waals surface area contributed by atoms with Crippen LogP contribution in [0, 0.1) is 18.3 Å². The lowest BCUT2D eigenvalue weighted by atomic mass is 9.90. The van der Waals surface area contributed by atoms with Crippen molar-refractivity contribution >= 4 is 21.2 Å². The van der Waals surface area contributed by atoms with E-state index in [2.05, 4.69) is 37.2 Å². The minimum atomic E-state index is -3.68. The van der Waals surface area contributed by atoms with E-state index in [4.69, 9.17) is 10.5 Å². The van der Waals surface area contributed by atoms with Crippen LogP contribution in [0.15, 0.2) is 58.6 Å². The van der Waals surface area contributed by atoms with E-state index in [0.29, 0.717) is 17.3 Å². The Hall–Kier alpha value is -2.38. The van der Waals surface area contributed by atoms with Gasteiger partial charge >= 0.3 is 0 Å². The second-order valence-electron chi connectivity index (χ2n) is 9.22. The second-order valence-corrected chi connectivity index (χ2v) is 11.2. The predicted molar refractivity (Wildman–Crippen MR) is 125 cm³/mol. The summed E-state index contributed by atoms with van der Waals surface area (Å²) in [6.45, 7) is 14.8. The molecule has 0 aliphatic carbocycles. The summed E-state index contributed by atoms with van der Waals surface area (Å²) in [7, 11) is -3.68. The molecule has 2 heterocycles. The molecule has 1 aliphatic heterocycles. The Morgan fingerprint density at radius 1 is 1.19 bits per heavy atom. The van der Waals surface area contributed by atoms with Gasteiger partial charge < -0.3 is 15.4 Å². The van der Waals surface area contributed by atoms with Crippen molar-refractivity contribution in [1.82, 2.24) is 4.98 Å². The molecule has 1 aromatic carbocycles. The summed E-state index contributed by atoms with van der Waals surface area (Å²) in [5, 5.41) is 0. The van der Waals surface area contributed by atoms with E-state index < -0.39 is 9.84 Å². The first-order chi connectivity index (χ1) is 14.5. The molecule has 6 nitrogen and oxygen atoms in total. The number of hydrogen-bond acceptors (Lipinski definition) is 6. The van der Waals surface area contributed by atoms with E-state index in [-0.39, 0.29) is 15.2 Å². The molecule has 1 fully saturated rings. The van der Waals surface area contributed by atoms with Gasteiger partial charge in [0.05, 0.1) is 21.2 Å². The van der Waals surface area contributed by atoms with Crippen LogP contribution < -0.4 is 10.6 Å². The predicted octanol–water partition coefficient (Wildman–Crippen LogP) is 4.60. The van der Waals surface area contributed by atoms with Crippen LogP contribution in [0.1, 0.15) is 39.3 Å². The molecule has 0 saturated carbocycles. The van der Waals surface area contributed by atoms with E-state index in [1.54, 1.807) is 31.2 Å². The summed E-state index contributed by atoms with van der Waals surface area (Å²) in [4.78, 5) is 6.62. The van der Waals surface area contributed by atoms with Gasteiger partial charge in [-0.25, -0.2) is 8.42 Å². The number of pyridine rings is 1. The fraction of sp³-hybridized carbons (Fsp3) is 0.458. The lowest BCUT2D eigenvalue weighted by Crippen LogP contribution is -2.36. The highest BCUT2D eigenvalue weighted by atomic mass is 32.2. The van der Waals surface area contributed by atoms with Crippen LogP contribution in [0.2, 0.25) is 0 Å². The topological polar surface area (TPSA) is 85.5 Å². The first-order valence-electron chi connectivity index (χ1n) is 10.6. The van der Waals surface area contributed by atoms with Crippen molar-refractivity contribution in [2.45, 2.75) is 50.3 Å². The zero-order valence-corrected chi connectivity index (χ0v) is 19.7. The fourth-order valence-corrected chi connectivity index (χ4v) is 5.08. The average Bonchev–Trinajstić information content (AvgIpc) is 2.72. The van der Waals surface area contributed by atoms with Crippen molar-refractivity contribution in [1.29, 1.82) is 0 Å². The van der Waals surface area contributed by atoms with Crippen molar-refractivity contribution in [2.75, 3.05) is 30.4 Å². The Kier molecular flexibility index (Phi) is 6.76. The maximum Gasteiger partial charge on any atom is 0.206 e. The lowest BCUT2D eigenvalue weighted by molar-refractivity contribution is 0.0684. The quantitative estimate of drug-likeness (QED) is 0.657. The van der Waals surface area contributed by atoms with Crippen LogP contribution in [0.25, 0.3) is 0 Å². The summed E-state index contributed by atoms with van der Waals surface area (Å²) in [5.41, 5.74) is 9.08. The smallest absolute Gasteiger partial charge is 0.206 e. The highest BCUT2D eigenvalue weighted by Gasteiger charge is 2.28.